The normalized spacial score (nSPS) is 18.8. The molecular formula is C29H33NO6. The number of benzene rings is 2. The van der Waals surface area contributed by atoms with Crippen LogP contribution in [-0.2, 0) is 14.3 Å². The third-order valence-electron chi connectivity index (χ3n) is 6.54. The summed E-state index contributed by atoms with van der Waals surface area (Å²) < 4.78 is 22.3. The molecule has 36 heavy (non-hydrogen) atoms. The topological polar surface area (TPSA) is 83.1 Å². The minimum absolute atomic E-state index is 0.0156. The van der Waals surface area contributed by atoms with Crippen LogP contribution < -0.4 is 19.5 Å². The maximum Gasteiger partial charge on any atom is 0.336 e. The van der Waals surface area contributed by atoms with E-state index in [-0.39, 0.29) is 24.4 Å². The number of carbonyl (C=O) groups is 2. The number of methoxy groups -OCH3 is 2. The minimum Gasteiger partial charge on any atom is -0.497 e. The van der Waals surface area contributed by atoms with Crippen LogP contribution in [0.25, 0.3) is 0 Å². The van der Waals surface area contributed by atoms with Gasteiger partial charge >= 0.3 is 5.97 Å². The number of allylic oxidation sites excluding steroid dienone is 3. The van der Waals surface area contributed by atoms with E-state index in [2.05, 4.69) is 19.2 Å². The van der Waals surface area contributed by atoms with E-state index in [1.807, 2.05) is 49.4 Å². The van der Waals surface area contributed by atoms with Crippen LogP contribution in [0.5, 0.6) is 17.2 Å². The van der Waals surface area contributed by atoms with Crippen LogP contribution in [0, 0.1) is 5.41 Å². The zero-order chi connectivity index (χ0) is 25.9. The molecule has 4 rings (SSSR count). The molecule has 7 heteroatoms. The number of ether oxygens (including phenoxy) is 4. The average molecular weight is 492 g/mol. The second-order valence-corrected chi connectivity index (χ2v) is 9.84. The largest absolute Gasteiger partial charge is 0.497 e. The molecule has 7 nitrogen and oxygen atoms in total. The molecule has 1 unspecified atom stereocenters. The fraction of sp³-hybridized carbons (Fsp3) is 0.379. The fourth-order valence-corrected chi connectivity index (χ4v) is 4.96. The molecule has 0 bridgehead atoms. The summed E-state index contributed by atoms with van der Waals surface area (Å²) >= 11 is 0. The number of dihydropyridines is 1. The van der Waals surface area contributed by atoms with E-state index >= 15 is 0 Å². The lowest BCUT2D eigenvalue weighted by Crippen LogP contribution is -2.39. The highest BCUT2D eigenvalue weighted by atomic mass is 16.6. The van der Waals surface area contributed by atoms with E-state index < -0.39 is 11.9 Å². The Balaban J connectivity index is 1.67. The number of nitrogens with one attached hydrogen (secondary N) is 1. The Bertz CT molecular complexity index is 1210. The van der Waals surface area contributed by atoms with E-state index in [9.17, 15) is 9.59 Å². The van der Waals surface area contributed by atoms with Crippen molar-refractivity contribution in [3.8, 4) is 17.2 Å². The molecule has 0 spiro atoms. The zero-order valence-corrected chi connectivity index (χ0v) is 21.5. The highest BCUT2D eigenvalue weighted by Crippen LogP contribution is 2.49. The Hall–Kier alpha value is -3.74. The van der Waals surface area contributed by atoms with Gasteiger partial charge in [-0.05, 0) is 37.0 Å². The van der Waals surface area contributed by atoms with Crippen molar-refractivity contribution in [3.05, 3.63) is 76.6 Å². The summed E-state index contributed by atoms with van der Waals surface area (Å²) in [7, 11) is 3.15. The lowest BCUT2D eigenvalue weighted by molar-refractivity contribution is -0.140. The molecule has 1 aliphatic heterocycles. The molecule has 0 amide bonds. The van der Waals surface area contributed by atoms with E-state index in [1.165, 1.54) is 0 Å². The van der Waals surface area contributed by atoms with E-state index in [4.69, 9.17) is 18.9 Å². The van der Waals surface area contributed by atoms with Gasteiger partial charge in [-0.3, -0.25) is 4.79 Å². The maximum atomic E-state index is 13.5. The van der Waals surface area contributed by atoms with Gasteiger partial charge in [0.05, 0.1) is 25.7 Å². The molecular weight excluding hydrogens is 458 g/mol. The number of esters is 1. The van der Waals surface area contributed by atoms with Gasteiger partial charge in [0.2, 0.25) is 0 Å². The van der Waals surface area contributed by atoms with Gasteiger partial charge in [-0.15, -0.1) is 0 Å². The smallest absolute Gasteiger partial charge is 0.336 e. The van der Waals surface area contributed by atoms with Crippen molar-refractivity contribution in [2.24, 2.45) is 5.41 Å². The van der Waals surface area contributed by atoms with Crippen LogP contribution in [0.15, 0.2) is 71.1 Å². The number of carbonyl (C=O) groups excluding carboxylic acids is 2. The van der Waals surface area contributed by atoms with Gasteiger partial charge in [-0.1, -0.05) is 38.1 Å². The van der Waals surface area contributed by atoms with Crippen LogP contribution in [0.1, 0.15) is 45.1 Å². The van der Waals surface area contributed by atoms with Crippen molar-refractivity contribution >= 4 is 11.8 Å². The lowest BCUT2D eigenvalue weighted by atomic mass is 9.68. The van der Waals surface area contributed by atoms with Gasteiger partial charge in [-0.2, -0.15) is 0 Å². The Kier molecular flexibility index (Phi) is 7.38. The lowest BCUT2D eigenvalue weighted by Gasteiger charge is -2.39. The standard InChI is InChI=1S/C29H33NO6/c1-18-25(28(32)36-14-13-35-19-9-7-6-8-10-19)26(21-12-11-20(33-4)15-24(21)34-5)27-22(30-18)16-29(2,3)17-23(27)31/h6-12,15,26,30H,13-14,16-17H2,1-5H3. The Morgan fingerprint density at radius 3 is 2.44 bits per heavy atom. The Morgan fingerprint density at radius 2 is 1.75 bits per heavy atom. The Labute approximate surface area is 212 Å². The molecule has 0 aromatic heterocycles. The highest BCUT2D eigenvalue weighted by molar-refractivity contribution is 6.04. The summed E-state index contributed by atoms with van der Waals surface area (Å²) in [5.41, 5.74) is 3.04. The second kappa shape index (κ2) is 10.5. The van der Waals surface area contributed by atoms with Crippen LogP contribution >= 0.6 is 0 Å². The van der Waals surface area contributed by atoms with Crippen LogP contribution in [-0.4, -0.2) is 39.2 Å². The summed E-state index contributed by atoms with van der Waals surface area (Å²) in [4.78, 5) is 26.9. The summed E-state index contributed by atoms with van der Waals surface area (Å²) in [5, 5.41) is 3.35. The minimum atomic E-state index is -0.617. The first-order valence-electron chi connectivity index (χ1n) is 12.0. The number of hydrogen-bond donors (Lipinski definition) is 1. The zero-order valence-electron chi connectivity index (χ0n) is 21.5. The molecule has 0 radical (unpaired) electrons. The monoisotopic (exact) mass is 491 g/mol. The quantitative estimate of drug-likeness (QED) is 0.414. The molecule has 1 N–H and O–H groups in total. The van der Waals surface area contributed by atoms with Crippen molar-refractivity contribution < 1.29 is 28.5 Å². The SMILES string of the molecule is COc1ccc(C2C(C(=O)OCCOc3ccccc3)=C(C)NC3=C2C(=O)CC(C)(C)C3)c(OC)c1. The summed E-state index contributed by atoms with van der Waals surface area (Å²) in [6.45, 7) is 6.29. The molecule has 0 saturated carbocycles. The highest BCUT2D eigenvalue weighted by Gasteiger charge is 2.44. The molecule has 2 aromatic rings. The number of hydrogen-bond acceptors (Lipinski definition) is 7. The van der Waals surface area contributed by atoms with Gasteiger partial charge < -0.3 is 24.3 Å². The molecule has 0 fully saturated rings. The van der Waals surface area contributed by atoms with Crippen molar-refractivity contribution in [2.45, 2.75) is 39.5 Å². The van der Waals surface area contributed by atoms with Crippen molar-refractivity contribution in [1.29, 1.82) is 0 Å². The van der Waals surface area contributed by atoms with Gasteiger partial charge in [0.15, 0.2) is 5.78 Å². The second-order valence-electron chi connectivity index (χ2n) is 9.84. The molecule has 2 aliphatic rings. The number of para-hydroxylation sites is 1. The molecule has 1 atom stereocenters. The van der Waals surface area contributed by atoms with Crippen LogP contribution in [0.3, 0.4) is 0 Å². The number of ketones is 1. The molecule has 0 saturated heterocycles. The number of rotatable bonds is 8. The first-order valence-corrected chi connectivity index (χ1v) is 12.0. The molecule has 1 heterocycles. The van der Waals surface area contributed by atoms with Crippen LogP contribution in [0.4, 0.5) is 0 Å². The average Bonchev–Trinajstić information content (AvgIpc) is 2.85. The molecule has 190 valence electrons. The van der Waals surface area contributed by atoms with Gasteiger partial charge in [0.25, 0.3) is 0 Å². The maximum absolute atomic E-state index is 13.5. The summed E-state index contributed by atoms with van der Waals surface area (Å²) in [5.74, 6) is 0.766. The summed E-state index contributed by atoms with van der Waals surface area (Å²) in [6.07, 6.45) is 1.10. The number of Topliss-reactive ketones (excluding diaryl/α,β-unsaturated/α-hetero) is 1. The summed E-state index contributed by atoms with van der Waals surface area (Å²) in [6, 6.07) is 14.8. The van der Waals surface area contributed by atoms with E-state index in [0.717, 1.165) is 5.70 Å². The predicted molar refractivity (Wildman–Crippen MR) is 136 cm³/mol. The van der Waals surface area contributed by atoms with Gasteiger partial charge in [0.1, 0.15) is 30.5 Å². The van der Waals surface area contributed by atoms with E-state index in [0.29, 0.717) is 52.5 Å². The van der Waals surface area contributed by atoms with Crippen molar-refractivity contribution in [1.82, 2.24) is 5.32 Å². The van der Waals surface area contributed by atoms with Crippen LogP contribution in [0.2, 0.25) is 0 Å². The van der Waals surface area contributed by atoms with E-state index in [1.54, 1.807) is 20.3 Å². The van der Waals surface area contributed by atoms with Gasteiger partial charge in [-0.25, -0.2) is 4.79 Å². The van der Waals surface area contributed by atoms with Gasteiger partial charge in [0, 0.05) is 35.0 Å². The first-order chi connectivity index (χ1) is 17.2. The molecule has 1 aliphatic carbocycles. The third kappa shape index (κ3) is 5.25. The first kappa shape index (κ1) is 25.4. The molecule has 2 aromatic carbocycles. The fourth-order valence-electron chi connectivity index (χ4n) is 4.96. The predicted octanol–water partition coefficient (Wildman–Crippen LogP) is 4.93. The third-order valence-corrected chi connectivity index (χ3v) is 6.54. The van der Waals surface area contributed by atoms with Crippen molar-refractivity contribution in [2.75, 3.05) is 27.4 Å². The Morgan fingerprint density at radius 1 is 1.00 bits per heavy atom. The van der Waals surface area contributed by atoms with Crippen molar-refractivity contribution in [3.63, 3.8) is 0 Å².